The van der Waals surface area contributed by atoms with Crippen LogP contribution in [0.1, 0.15) is 6.92 Å². The van der Waals surface area contributed by atoms with E-state index < -0.39 is 0 Å². The van der Waals surface area contributed by atoms with Gasteiger partial charge in [0.2, 0.25) is 5.95 Å². The van der Waals surface area contributed by atoms with Crippen molar-refractivity contribution in [3.63, 3.8) is 0 Å². The molecule has 1 aromatic carbocycles. The quantitative estimate of drug-likeness (QED) is 0.898. The molecule has 18 heavy (non-hydrogen) atoms. The van der Waals surface area contributed by atoms with Crippen LogP contribution in [0.4, 0.5) is 10.3 Å². The highest BCUT2D eigenvalue weighted by molar-refractivity contribution is 5.56. The van der Waals surface area contributed by atoms with Gasteiger partial charge in [-0.25, -0.2) is 4.39 Å². The van der Waals surface area contributed by atoms with Gasteiger partial charge in [0.1, 0.15) is 5.82 Å². The van der Waals surface area contributed by atoms with Crippen molar-refractivity contribution in [2.45, 2.75) is 6.92 Å². The Balaban J connectivity index is 2.46. The minimum absolute atomic E-state index is 0.219. The van der Waals surface area contributed by atoms with Crippen LogP contribution in [0.15, 0.2) is 24.3 Å². The van der Waals surface area contributed by atoms with Crippen LogP contribution < -0.4 is 10.1 Å². The molecule has 0 unspecified atom stereocenters. The van der Waals surface area contributed by atoms with E-state index in [1.807, 2.05) is 6.92 Å². The maximum Gasteiger partial charge on any atom is 0.321 e. The number of hydrogen-bond acceptors (Lipinski definition) is 5. The van der Waals surface area contributed by atoms with E-state index in [4.69, 9.17) is 4.74 Å². The Bertz CT molecular complexity index is 547. The summed E-state index contributed by atoms with van der Waals surface area (Å²) >= 11 is 0. The summed E-state index contributed by atoms with van der Waals surface area (Å²) in [4.78, 5) is 12.3. The summed E-state index contributed by atoms with van der Waals surface area (Å²) in [6.07, 6.45) is 0. The zero-order valence-electron chi connectivity index (χ0n) is 10.1. The van der Waals surface area contributed by atoms with Gasteiger partial charge in [-0.15, -0.1) is 0 Å². The van der Waals surface area contributed by atoms with E-state index in [2.05, 4.69) is 20.3 Å². The molecular weight excluding hydrogens is 235 g/mol. The number of nitrogens with zero attached hydrogens (tertiary/aromatic N) is 3. The molecule has 6 heteroatoms. The van der Waals surface area contributed by atoms with Crippen molar-refractivity contribution < 1.29 is 9.13 Å². The first-order valence-corrected chi connectivity index (χ1v) is 5.55. The second-order valence-corrected chi connectivity index (χ2v) is 3.46. The number of ether oxygens (including phenoxy) is 1. The number of benzene rings is 1. The van der Waals surface area contributed by atoms with Crippen molar-refractivity contribution in [3.8, 4) is 17.4 Å². The highest BCUT2D eigenvalue weighted by Crippen LogP contribution is 2.19. The summed E-state index contributed by atoms with van der Waals surface area (Å²) in [6, 6.07) is 6.29. The number of anilines is 1. The van der Waals surface area contributed by atoms with Crippen molar-refractivity contribution in [3.05, 3.63) is 30.1 Å². The largest absolute Gasteiger partial charge is 0.464 e. The molecular formula is C12H13FN4O. The van der Waals surface area contributed by atoms with E-state index in [0.29, 0.717) is 23.9 Å². The SMILES string of the molecule is CCOc1nc(NC)nc(-c2cccc(F)c2)n1. The molecule has 0 aliphatic heterocycles. The lowest BCUT2D eigenvalue weighted by atomic mass is 10.2. The second-order valence-electron chi connectivity index (χ2n) is 3.46. The maximum absolute atomic E-state index is 13.2. The van der Waals surface area contributed by atoms with Crippen LogP contribution in [0.25, 0.3) is 11.4 Å². The highest BCUT2D eigenvalue weighted by Gasteiger charge is 2.08. The molecule has 0 amide bonds. The van der Waals surface area contributed by atoms with Gasteiger partial charge in [0.15, 0.2) is 5.82 Å². The number of hydrogen-bond donors (Lipinski definition) is 1. The van der Waals surface area contributed by atoms with E-state index in [1.165, 1.54) is 12.1 Å². The van der Waals surface area contributed by atoms with Crippen LogP contribution in [-0.2, 0) is 0 Å². The fraction of sp³-hybridized carbons (Fsp3) is 0.250. The first-order chi connectivity index (χ1) is 8.72. The molecule has 0 bridgehead atoms. The summed E-state index contributed by atoms with van der Waals surface area (Å²) in [7, 11) is 1.69. The molecule has 1 heterocycles. The van der Waals surface area contributed by atoms with Crippen molar-refractivity contribution >= 4 is 5.95 Å². The topological polar surface area (TPSA) is 59.9 Å². The standard InChI is InChI=1S/C12H13FN4O/c1-3-18-12-16-10(15-11(14-2)17-12)8-5-4-6-9(13)7-8/h4-7H,3H2,1-2H3,(H,14,15,16,17). The Morgan fingerprint density at radius 1 is 1.28 bits per heavy atom. The van der Waals surface area contributed by atoms with E-state index in [1.54, 1.807) is 19.2 Å². The lowest BCUT2D eigenvalue weighted by molar-refractivity contribution is 0.312. The van der Waals surface area contributed by atoms with Crippen molar-refractivity contribution in [2.24, 2.45) is 0 Å². The summed E-state index contributed by atoms with van der Waals surface area (Å²) in [5.41, 5.74) is 0.579. The Labute approximate surface area is 104 Å². The highest BCUT2D eigenvalue weighted by atomic mass is 19.1. The van der Waals surface area contributed by atoms with Gasteiger partial charge in [-0.3, -0.25) is 0 Å². The van der Waals surface area contributed by atoms with Crippen LogP contribution >= 0.6 is 0 Å². The molecule has 5 nitrogen and oxygen atoms in total. The molecule has 0 spiro atoms. The molecule has 1 aromatic heterocycles. The van der Waals surface area contributed by atoms with Crippen molar-refractivity contribution in [1.82, 2.24) is 15.0 Å². The Kier molecular flexibility index (Phi) is 3.66. The first-order valence-electron chi connectivity index (χ1n) is 5.55. The lowest BCUT2D eigenvalue weighted by Crippen LogP contribution is -2.05. The van der Waals surface area contributed by atoms with E-state index in [9.17, 15) is 4.39 Å². The van der Waals surface area contributed by atoms with E-state index >= 15 is 0 Å². The molecule has 0 radical (unpaired) electrons. The number of aromatic nitrogens is 3. The normalized spacial score (nSPS) is 10.2. The van der Waals surface area contributed by atoms with Crippen LogP contribution in [-0.4, -0.2) is 28.6 Å². The van der Waals surface area contributed by atoms with Gasteiger partial charge >= 0.3 is 6.01 Å². The predicted octanol–water partition coefficient (Wildman–Crippen LogP) is 2.12. The molecule has 2 aromatic rings. The van der Waals surface area contributed by atoms with Crippen LogP contribution in [0.2, 0.25) is 0 Å². The monoisotopic (exact) mass is 248 g/mol. The van der Waals surface area contributed by atoms with Gasteiger partial charge in [-0.05, 0) is 19.1 Å². The predicted molar refractivity (Wildman–Crippen MR) is 65.9 cm³/mol. The van der Waals surface area contributed by atoms with Gasteiger partial charge < -0.3 is 10.1 Å². The van der Waals surface area contributed by atoms with Crippen LogP contribution in [0, 0.1) is 5.82 Å². The molecule has 0 saturated heterocycles. The second kappa shape index (κ2) is 5.39. The smallest absolute Gasteiger partial charge is 0.321 e. The van der Waals surface area contributed by atoms with Crippen LogP contribution in [0.3, 0.4) is 0 Å². The molecule has 0 aliphatic rings. The van der Waals surface area contributed by atoms with E-state index in [-0.39, 0.29) is 11.8 Å². The van der Waals surface area contributed by atoms with Gasteiger partial charge in [0, 0.05) is 12.6 Å². The van der Waals surface area contributed by atoms with E-state index in [0.717, 1.165) is 0 Å². The molecule has 94 valence electrons. The Hall–Kier alpha value is -2.24. The minimum atomic E-state index is -0.336. The third kappa shape index (κ3) is 2.71. The van der Waals surface area contributed by atoms with Gasteiger partial charge in [0.25, 0.3) is 0 Å². The summed E-state index contributed by atoms with van der Waals surface area (Å²) in [5, 5.41) is 2.81. The fourth-order valence-corrected chi connectivity index (χ4v) is 1.42. The Morgan fingerprint density at radius 2 is 2.11 bits per heavy atom. The average Bonchev–Trinajstić information content (AvgIpc) is 2.39. The van der Waals surface area contributed by atoms with Gasteiger partial charge in [-0.2, -0.15) is 15.0 Å². The summed E-state index contributed by atoms with van der Waals surface area (Å²) < 4.78 is 18.4. The molecule has 0 fully saturated rings. The molecule has 0 atom stereocenters. The molecule has 0 saturated carbocycles. The molecule has 2 rings (SSSR count). The summed E-state index contributed by atoms with van der Waals surface area (Å²) in [5.74, 6) is 0.418. The van der Waals surface area contributed by atoms with Gasteiger partial charge in [0.05, 0.1) is 6.61 Å². The molecule has 0 aliphatic carbocycles. The maximum atomic E-state index is 13.2. The lowest BCUT2D eigenvalue weighted by Gasteiger charge is -2.06. The number of nitrogens with one attached hydrogen (secondary N) is 1. The van der Waals surface area contributed by atoms with Gasteiger partial charge in [-0.1, -0.05) is 12.1 Å². The molecule has 1 N–H and O–H groups in total. The first kappa shape index (κ1) is 12.2. The van der Waals surface area contributed by atoms with Crippen LogP contribution in [0.5, 0.6) is 6.01 Å². The Morgan fingerprint density at radius 3 is 2.78 bits per heavy atom. The fourth-order valence-electron chi connectivity index (χ4n) is 1.42. The zero-order valence-corrected chi connectivity index (χ0v) is 10.1. The minimum Gasteiger partial charge on any atom is -0.464 e. The third-order valence-corrected chi connectivity index (χ3v) is 2.19. The number of halogens is 1. The zero-order chi connectivity index (χ0) is 13.0. The summed E-state index contributed by atoms with van der Waals surface area (Å²) in [6.45, 7) is 2.29. The average molecular weight is 248 g/mol. The van der Waals surface area contributed by atoms with Crippen molar-refractivity contribution in [1.29, 1.82) is 0 Å². The van der Waals surface area contributed by atoms with Crippen molar-refractivity contribution in [2.75, 3.05) is 19.0 Å². The third-order valence-electron chi connectivity index (χ3n) is 2.19. The number of rotatable bonds is 4.